The maximum absolute atomic E-state index is 12.8. The first-order valence-electron chi connectivity index (χ1n) is 11.0. The molecule has 0 aliphatic rings. The number of nitrogens with zero attached hydrogens (tertiary/aromatic N) is 4. The van der Waals surface area contributed by atoms with E-state index in [2.05, 4.69) is 27.5 Å². The van der Waals surface area contributed by atoms with Crippen molar-refractivity contribution in [1.82, 2.24) is 25.2 Å². The Morgan fingerprint density at radius 2 is 1.88 bits per heavy atom. The molecular formula is C25H25N5O4. The van der Waals surface area contributed by atoms with Crippen LogP contribution in [0.4, 0.5) is 0 Å². The number of ether oxygens (including phenoxy) is 1. The molecule has 0 saturated carbocycles. The van der Waals surface area contributed by atoms with E-state index in [1.807, 2.05) is 42.5 Å². The van der Waals surface area contributed by atoms with Crippen LogP contribution >= 0.6 is 0 Å². The van der Waals surface area contributed by atoms with Crippen LogP contribution in [0.5, 0.6) is 5.75 Å². The van der Waals surface area contributed by atoms with E-state index in [0.29, 0.717) is 30.2 Å². The van der Waals surface area contributed by atoms with Gasteiger partial charge < -0.3 is 14.4 Å². The predicted octanol–water partition coefficient (Wildman–Crippen LogP) is 3.79. The topological polar surface area (TPSA) is 123 Å². The minimum atomic E-state index is -1.10. The highest BCUT2D eigenvalue weighted by Crippen LogP contribution is 2.36. The first kappa shape index (κ1) is 22.9. The number of aryl methyl sites for hydroxylation is 1. The number of rotatable bonds is 9. The van der Waals surface area contributed by atoms with Crippen LogP contribution in [0.2, 0.25) is 0 Å². The number of aromatic nitrogens is 5. The number of aromatic carboxylic acids is 1. The summed E-state index contributed by atoms with van der Waals surface area (Å²) in [6, 6.07) is 16.3. The monoisotopic (exact) mass is 459 g/mol. The number of carboxylic acids is 1. The van der Waals surface area contributed by atoms with Crippen molar-refractivity contribution in [1.29, 1.82) is 0 Å². The van der Waals surface area contributed by atoms with E-state index < -0.39 is 5.97 Å². The molecule has 4 aromatic rings. The lowest BCUT2D eigenvalue weighted by Crippen LogP contribution is -2.25. The number of hydrogen-bond donors (Lipinski definition) is 2. The number of methoxy groups -OCH3 is 1. The highest BCUT2D eigenvalue weighted by Gasteiger charge is 2.16. The summed E-state index contributed by atoms with van der Waals surface area (Å²) in [5, 5.41) is 23.5. The second kappa shape index (κ2) is 10.1. The Morgan fingerprint density at radius 3 is 2.56 bits per heavy atom. The van der Waals surface area contributed by atoms with Gasteiger partial charge in [-0.3, -0.25) is 4.79 Å². The predicted molar refractivity (Wildman–Crippen MR) is 127 cm³/mol. The fourth-order valence-electron chi connectivity index (χ4n) is 3.96. The van der Waals surface area contributed by atoms with Gasteiger partial charge in [-0.25, -0.2) is 9.89 Å². The van der Waals surface area contributed by atoms with E-state index in [4.69, 9.17) is 4.74 Å². The fourth-order valence-corrected chi connectivity index (χ4v) is 3.96. The number of tetrazole rings is 1. The minimum Gasteiger partial charge on any atom is -0.496 e. The van der Waals surface area contributed by atoms with Gasteiger partial charge in [-0.15, -0.1) is 5.10 Å². The maximum Gasteiger partial charge on any atom is 0.335 e. The van der Waals surface area contributed by atoms with Crippen molar-refractivity contribution in [2.45, 2.75) is 32.7 Å². The lowest BCUT2D eigenvalue weighted by atomic mass is 9.97. The average molecular weight is 460 g/mol. The highest BCUT2D eigenvalue weighted by molar-refractivity contribution is 5.87. The minimum absolute atomic E-state index is 0.0128. The summed E-state index contributed by atoms with van der Waals surface area (Å²) in [5.41, 5.74) is 3.84. The summed E-state index contributed by atoms with van der Waals surface area (Å²) in [6.07, 6.45) is 2.42. The number of aromatic amines is 1. The first-order valence-corrected chi connectivity index (χ1v) is 11.0. The molecule has 0 spiro atoms. The summed E-state index contributed by atoms with van der Waals surface area (Å²) >= 11 is 0. The van der Waals surface area contributed by atoms with Crippen molar-refractivity contribution >= 4 is 5.97 Å². The van der Waals surface area contributed by atoms with E-state index in [1.54, 1.807) is 17.7 Å². The van der Waals surface area contributed by atoms with Crippen LogP contribution in [0, 0.1) is 0 Å². The standard InChI is InChI=1S/C25H25N5O4/c1-3-4-7-18-13-17(25(32)33)14-23(31)30(18)15-16-10-11-20(22(12-16)34-2)19-8-5-6-9-21(19)24-26-28-29-27-24/h5-6,8-14H,3-4,7,15H2,1-2H3,(H,32,33)(H,26,27,28,29). The van der Waals surface area contributed by atoms with Crippen molar-refractivity contribution < 1.29 is 14.6 Å². The van der Waals surface area contributed by atoms with E-state index in [0.717, 1.165) is 35.1 Å². The number of hydrogen-bond acceptors (Lipinski definition) is 6. The summed E-state index contributed by atoms with van der Waals surface area (Å²) in [6.45, 7) is 2.36. The lowest BCUT2D eigenvalue weighted by Gasteiger charge is -2.16. The van der Waals surface area contributed by atoms with Crippen LogP contribution in [0.3, 0.4) is 0 Å². The van der Waals surface area contributed by atoms with E-state index >= 15 is 0 Å². The van der Waals surface area contributed by atoms with Crippen LogP contribution in [0.1, 0.15) is 41.4 Å². The Hall–Kier alpha value is -4.27. The molecule has 0 amide bonds. The molecule has 0 aliphatic heterocycles. The largest absolute Gasteiger partial charge is 0.496 e. The highest BCUT2D eigenvalue weighted by atomic mass is 16.5. The van der Waals surface area contributed by atoms with Gasteiger partial charge in [0.25, 0.3) is 5.56 Å². The molecule has 2 aromatic heterocycles. The molecular weight excluding hydrogens is 434 g/mol. The zero-order valence-corrected chi connectivity index (χ0v) is 19.0. The smallest absolute Gasteiger partial charge is 0.335 e. The molecule has 2 N–H and O–H groups in total. The van der Waals surface area contributed by atoms with Gasteiger partial charge in [-0.05, 0) is 46.5 Å². The number of benzene rings is 2. The van der Waals surface area contributed by atoms with Crippen molar-refractivity contribution in [2.75, 3.05) is 7.11 Å². The normalized spacial score (nSPS) is 10.9. The number of carboxylic acid groups (broad SMARTS) is 1. The quantitative estimate of drug-likeness (QED) is 0.390. The molecule has 0 radical (unpaired) electrons. The molecule has 174 valence electrons. The van der Waals surface area contributed by atoms with Gasteiger partial charge in [0.1, 0.15) is 5.75 Å². The van der Waals surface area contributed by atoms with Gasteiger partial charge in [0, 0.05) is 22.9 Å². The molecule has 0 aliphatic carbocycles. The van der Waals surface area contributed by atoms with E-state index in [-0.39, 0.29) is 11.1 Å². The Balaban J connectivity index is 1.73. The van der Waals surface area contributed by atoms with Crippen molar-refractivity contribution in [3.05, 3.63) is 81.8 Å². The second-order valence-electron chi connectivity index (χ2n) is 7.90. The van der Waals surface area contributed by atoms with Crippen LogP contribution in [0.15, 0.2) is 59.4 Å². The number of carbonyl (C=O) groups is 1. The van der Waals surface area contributed by atoms with Gasteiger partial charge in [0.2, 0.25) is 0 Å². The molecule has 0 atom stereocenters. The van der Waals surface area contributed by atoms with Gasteiger partial charge in [0.05, 0.1) is 19.2 Å². The summed E-state index contributed by atoms with van der Waals surface area (Å²) < 4.78 is 7.33. The summed E-state index contributed by atoms with van der Waals surface area (Å²) in [4.78, 5) is 24.2. The molecule has 0 bridgehead atoms. The number of nitrogens with one attached hydrogen (secondary N) is 1. The summed E-state index contributed by atoms with van der Waals surface area (Å²) in [7, 11) is 1.60. The Bertz CT molecular complexity index is 1360. The molecule has 0 fully saturated rings. The van der Waals surface area contributed by atoms with Crippen molar-refractivity contribution in [3.8, 4) is 28.3 Å². The molecule has 9 nitrogen and oxygen atoms in total. The number of unbranched alkanes of at least 4 members (excludes halogenated alkanes) is 1. The van der Waals surface area contributed by atoms with Crippen molar-refractivity contribution in [3.63, 3.8) is 0 Å². The Labute approximate surface area is 196 Å². The van der Waals surface area contributed by atoms with Gasteiger partial charge in [-0.2, -0.15) is 0 Å². The third kappa shape index (κ3) is 4.73. The van der Waals surface area contributed by atoms with Gasteiger partial charge in [0.15, 0.2) is 5.82 Å². The van der Waals surface area contributed by atoms with Crippen LogP contribution in [-0.4, -0.2) is 43.4 Å². The SMILES string of the molecule is CCCCc1cc(C(=O)O)cc(=O)n1Cc1ccc(-c2ccccc2-c2nnn[nH]2)c(OC)c1. The third-order valence-corrected chi connectivity index (χ3v) is 5.67. The van der Waals surface area contributed by atoms with Gasteiger partial charge >= 0.3 is 5.97 Å². The maximum atomic E-state index is 12.8. The van der Waals surface area contributed by atoms with Gasteiger partial charge in [-0.1, -0.05) is 49.7 Å². The fraction of sp³-hybridized carbons (Fsp3) is 0.240. The molecule has 2 heterocycles. The Morgan fingerprint density at radius 1 is 1.09 bits per heavy atom. The number of H-pyrrole nitrogens is 1. The van der Waals surface area contributed by atoms with E-state index in [1.165, 1.54) is 6.07 Å². The molecule has 4 rings (SSSR count). The first-order chi connectivity index (χ1) is 16.5. The zero-order chi connectivity index (χ0) is 24.1. The molecule has 9 heteroatoms. The number of pyridine rings is 1. The molecule has 34 heavy (non-hydrogen) atoms. The lowest BCUT2D eigenvalue weighted by molar-refractivity contribution is 0.0696. The van der Waals surface area contributed by atoms with Crippen LogP contribution in [-0.2, 0) is 13.0 Å². The molecule has 0 unspecified atom stereocenters. The zero-order valence-electron chi connectivity index (χ0n) is 19.0. The second-order valence-corrected chi connectivity index (χ2v) is 7.90. The molecule has 0 saturated heterocycles. The molecule has 2 aromatic carbocycles. The average Bonchev–Trinajstić information content (AvgIpc) is 3.39. The Kier molecular flexibility index (Phi) is 6.82. The van der Waals surface area contributed by atoms with Crippen molar-refractivity contribution in [2.24, 2.45) is 0 Å². The third-order valence-electron chi connectivity index (χ3n) is 5.67. The summed E-state index contributed by atoms with van der Waals surface area (Å²) in [5.74, 6) is 0.0868. The van der Waals surface area contributed by atoms with E-state index in [9.17, 15) is 14.7 Å². The van der Waals surface area contributed by atoms with Crippen LogP contribution < -0.4 is 10.3 Å². The van der Waals surface area contributed by atoms with Crippen LogP contribution in [0.25, 0.3) is 22.5 Å².